The van der Waals surface area contributed by atoms with Gasteiger partial charge >= 0.3 is 0 Å². The van der Waals surface area contributed by atoms with Crippen LogP contribution < -0.4 is 5.32 Å². The standard InChI is InChI=1S/C24H26FN5OS/c25-18-6-8-19(9-7-18)29-11-3-5-21(29)23-22(20-4-1-2-10-26-20)27-24(32)30(23)13-12-28-14-16-31-17-15-28/h1-11,22-23H,12-17H2,(H,27,32). The van der Waals surface area contributed by atoms with Crippen molar-refractivity contribution in [2.24, 2.45) is 0 Å². The van der Waals surface area contributed by atoms with Crippen molar-refractivity contribution in [3.63, 3.8) is 0 Å². The predicted octanol–water partition coefficient (Wildman–Crippen LogP) is 3.32. The normalized spacial score (nSPS) is 21.7. The second kappa shape index (κ2) is 9.36. The fraction of sp³-hybridized carbons (Fsp3) is 0.333. The lowest BCUT2D eigenvalue weighted by Crippen LogP contribution is -2.42. The van der Waals surface area contributed by atoms with E-state index in [-0.39, 0.29) is 17.9 Å². The zero-order valence-corrected chi connectivity index (χ0v) is 18.5. The molecule has 2 aromatic heterocycles. The predicted molar refractivity (Wildman–Crippen MR) is 125 cm³/mol. The zero-order valence-electron chi connectivity index (χ0n) is 17.7. The molecular weight excluding hydrogens is 425 g/mol. The van der Waals surface area contributed by atoms with E-state index >= 15 is 0 Å². The third kappa shape index (κ3) is 4.26. The first-order chi connectivity index (χ1) is 15.7. The summed E-state index contributed by atoms with van der Waals surface area (Å²) in [5, 5.41) is 4.24. The molecule has 2 fully saturated rings. The lowest BCUT2D eigenvalue weighted by Gasteiger charge is -2.32. The Bertz CT molecular complexity index is 1050. The summed E-state index contributed by atoms with van der Waals surface area (Å²) in [7, 11) is 0. The first kappa shape index (κ1) is 21.1. The molecule has 0 spiro atoms. The van der Waals surface area contributed by atoms with Gasteiger partial charge in [-0.25, -0.2) is 4.39 Å². The van der Waals surface area contributed by atoms with Gasteiger partial charge in [-0.2, -0.15) is 0 Å². The first-order valence-electron chi connectivity index (χ1n) is 10.9. The fourth-order valence-electron chi connectivity index (χ4n) is 4.51. The number of hydrogen-bond acceptors (Lipinski definition) is 4. The van der Waals surface area contributed by atoms with Gasteiger partial charge in [-0.15, -0.1) is 0 Å². The number of hydrogen-bond donors (Lipinski definition) is 1. The van der Waals surface area contributed by atoms with Crippen molar-refractivity contribution in [1.29, 1.82) is 0 Å². The maximum atomic E-state index is 13.5. The smallest absolute Gasteiger partial charge is 0.170 e. The molecule has 8 heteroatoms. The van der Waals surface area contributed by atoms with E-state index in [1.807, 2.05) is 36.7 Å². The van der Waals surface area contributed by atoms with E-state index in [0.717, 1.165) is 61.6 Å². The Balaban J connectivity index is 1.49. The quantitative estimate of drug-likeness (QED) is 0.581. The molecular formula is C24H26FN5OS. The molecule has 6 nitrogen and oxygen atoms in total. The number of rotatable bonds is 6. The number of aromatic nitrogens is 2. The van der Waals surface area contributed by atoms with Gasteiger partial charge in [0.25, 0.3) is 0 Å². The maximum absolute atomic E-state index is 13.5. The summed E-state index contributed by atoms with van der Waals surface area (Å²) in [4.78, 5) is 9.30. The number of nitrogens with zero attached hydrogens (tertiary/aromatic N) is 4. The minimum absolute atomic E-state index is 0.0431. The van der Waals surface area contributed by atoms with Crippen LogP contribution in [-0.4, -0.2) is 63.9 Å². The Morgan fingerprint density at radius 3 is 2.59 bits per heavy atom. The summed E-state index contributed by atoms with van der Waals surface area (Å²) < 4.78 is 21.1. The monoisotopic (exact) mass is 451 g/mol. The number of ether oxygens (including phenoxy) is 1. The van der Waals surface area contributed by atoms with Gasteiger partial charge < -0.3 is 19.5 Å². The summed E-state index contributed by atoms with van der Waals surface area (Å²) in [6.45, 7) is 5.14. The molecule has 2 saturated heterocycles. The topological polar surface area (TPSA) is 45.6 Å². The van der Waals surface area contributed by atoms with Crippen molar-refractivity contribution in [1.82, 2.24) is 24.7 Å². The molecule has 3 aromatic rings. The van der Waals surface area contributed by atoms with Gasteiger partial charge in [-0.05, 0) is 60.7 Å². The van der Waals surface area contributed by atoms with E-state index in [1.165, 1.54) is 12.1 Å². The largest absolute Gasteiger partial charge is 0.379 e. The molecule has 0 bridgehead atoms. The van der Waals surface area contributed by atoms with Crippen LogP contribution in [0.4, 0.5) is 4.39 Å². The SMILES string of the molecule is Fc1ccc(-n2cccc2C2C(c3ccccn3)NC(=S)N2CCN2CCOCC2)cc1. The van der Waals surface area contributed by atoms with Gasteiger partial charge in [0.1, 0.15) is 5.82 Å². The summed E-state index contributed by atoms with van der Waals surface area (Å²) in [6.07, 6.45) is 3.83. The molecule has 2 unspecified atom stereocenters. The Kier molecular flexibility index (Phi) is 6.16. The molecule has 0 amide bonds. The van der Waals surface area contributed by atoms with Gasteiger partial charge in [-0.3, -0.25) is 9.88 Å². The molecule has 166 valence electrons. The van der Waals surface area contributed by atoms with Crippen molar-refractivity contribution in [3.8, 4) is 5.69 Å². The Morgan fingerprint density at radius 2 is 1.84 bits per heavy atom. The van der Waals surface area contributed by atoms with Crippen molar-refractivity contribution >= 4 is 17.3 Å². The lowest BCUT2D eigenvalue weighted by atomic mass is 10.0. The highest BCUT2D eigenvalue weighted by Crippen LogP contribution is 2.39. The fourth-order valence-corrected chi connectivity index (χ4v) is 4.85. The average Bonchev–Trinajstić information content (AvgIpc) is 3.43. The molecule has 0 aliphatic carbocycles. The van der Waals surface area contributed by atoms with Gasteiger partial charge in [-0.1, -0.05) is 6.07 Å². The van der Waals surface area contributed by atoms with Crippen LogP contribution in [0.2, 0.25) is 0 Å². The van der Waals surface area contributed by atoms with Gasteiger partial charge in [0.05, 0.1) is 31.0 Å². The van der Waals surface area contributed by atoms with Crippen LogP contribution in [0.25, 0.3) is 5.69 Å². The molecule has 0 radical (unpaired) electrons. The van der Waals surface area contributed by atoms with Gasteiger partial charge in [0, 0.05) is 50.0 Å². The minimum Gasteiger partial charge on any atom is -0.379 e. The lowest BCUT2D eigenvalue weighted by molar-refractivity contribution is 0.0349. The number of nitrogens with one attached hydrogen (secondary N) is 1. The van der Waals surface area contributed by atoms with E-state index in [1.54, 1.807) is 12.1 Å². The molecule has 1 aromatic carbocycles. The summed E-state index contributed by atoms with van der Waals surface area (Å²) in [6, 6.07) is 16.5. The number of pyridine rings is 1. The van der Waals surface area contributed by atoms with E-state index in [0.29, 0.717) is 0 Å². The van der Waals surface area contributed by atoms with Crippen molar-refractivity contribution in [3.05, 3.63) is 84.2 Å². The van der Waals surface area contributed by atoms with Crippen LogP contribution in [0.3, 0.4) is 0 Å². The van der Waals surface area contributed by atoms with E-state index in [4.69, 9.17) is 17.0 Å². The van der Waals surface area contributed by atoms with E-state index in [9.17, 15) is 4.39 Å². The van der Waals surface area contributed by atoms with E-state index in [2.05, 4.69) is 30.7 Å². The summed E-state index contributed by atoms with van der Waals surface area (Å²) in [5.74, 6) is -0.246. The molecule has 2 aliphatic heterocycles. The number of benzene rings is 1. The number of halogens is 1. The van der Waals surface area contributed by atoms with Crippen LogP contribution in [0.1, 0.15) is 23.5 Å². The molecule has 4 heterocycles. The van der Waals surface area contributed by atoms with Crippen LogP contribution >= 0.6 is 12.2 Å². The van der Waals surface area contributed by atoms with Gasteiger partial charge in [0.2, 0.25) is 0 Å². The Labute approximate surface area is 192 Å². The second-order valence-electron chi connectivity index (χ2n) is 8.05. The van der Waals surface area contributed by atoms with Crippen molar-refractivity contribution in [2.75, 3.05) is 39.4 Å². The van der Waals surface area contributed by atoms with Crippen LogP contribution in [0, 0.1) is 5.82 Å². The van der Waals surface area contributed by atoms with Crippen LogP contribution in [0.5, 0.6) is 0 Å². The first-order valence-corrected chi connectivity index (χ1v) is 11.3. The van der Waals surface area contributed by atoms with E-state index < -0.39 is 0 Å². The highest BCUT2D eigenvalue weighted by Gasteiger charge is 2.41. The second-order valence-corrected chi connectivity index (χ2v) is 8.44. The third-order valence-electron chi connectivity index (χ3n) is 6.15. The highest BCUT2D eigenvalue weighted by molar-refractivity contribution is 7.80. The molecule has 0 saturated carbocycles. The minimum atomic E-state index is -0.246. The molecule has 2 atom stereocenters. The molecule has 32 heavy (non-hydrogen) atoms. The average molecular weight is 452 g/mol. The molecule has 1 N–H and O–H groups in total. The van der Waals surface area contributed by atoms with Crippen molar-refractivity contribution in [2.45, 2.75) is 12.1 Å². The molecule has 2 aliphatic rings. The third-order valence-corrected chi connectivity index (χ3v) is 6.50. The highest BCUT2D eigenvalue weighted by atomic mass is 32.1. The van der Waals surface area contributed by atoms with Crippen LogP contribution in [0.15, 0.2) is 67.0 Å². The summed E-state index contributed by atoms with van der Waals surface area (Å²) >= 11 is 5.80. The molecule has 5 rings (SSSR count). The number of morpholine rings is 1. The Hall–Kier alpha value is -2.81. The van der Waals surface area contributed by atoms with Gasteiger partial charge in [0.15, 0.2) is 5.11 Å². The van der Waals surface area contributed by atoms with Crippen molar-refractivity contribution < 1.29 is 9.13 Å². The maximum Gasteiger partial charge on any atom is 0.170 e. The van der Waals surface area contributed by atoms with Crippen LogP contribution in [-0.2, 0) is 4.74 Å². The number of thiocarbonyl (C=S) groups is 1. The Morgan fingerprint density at radius 1 is 1.03 bits per heavy atom. The summed E-state index contributed by atoms with van der Waals surface area (Å²) in [5.41, 5.74) is 2.94. The zero-order chi connectivity index (χ0) is 21.9.